The van der Waals surface area contributed by atoms with Crippen LogP contribution in [0.3, 0.4) is 0 Å². The van der Waals surface area contributed by atoms with Crippen LogP contribution in [0.25, 0.3) is 6.08 Å². The van der Waals surface area contributed by atoms with E-state index in [-0.39, 0.29) is 13.0 Å². The van der Waals surface area contributed by atoms with Crippen molar-refractivity contribution in [2.75, 3.05) is 6.61 Å². The highest BCUT2D eigenvalue weighted by atomic mass is 16.5. The minimum Gasteiger partial charge on any atom is -0.462 e. The molecule has 0 unspecified atom stereocenters. The molecule has 0 spiro atoms. The van der Waals surface area contributed by atoms with Gasteiger partial charge in [-0.3, -0.25) is 4.79 Å². The molecule has 0 saturated carbocycles. The summed E-state index contributed by atoms with van der Waals surface area (Å²) in [7, 11) is 0. The lowest BCUT2D eigenvalue weighted by molar-refractivity contribution is -0.138. The number of nitrogens with two attached hydrogens (primary N) is 1. The Kier molecular flexibility index (Phi) is 4.79. The summed E-state index contributed by atoms with van der Waals surface area (Å²) in [5.74, 6) is -0.968. The molecule has 0 aliphatic rings. The predicted molar refractivity (Wildman–Crippen MR) is 60.2 cm³/mol. The van der Waals surface area contributed by atoms with E-state index >= 15 is 0 Å². The molecule has 0 aromatic heterocycles. The smallest absolute Gasteiger partial charge is 0.330 e. The summed E-state index contributed by atoms with van der Waals surface area (Å²) in [6, 6.07) is 9.37. The van der Waals surface area contributed by atoms with E-state index in [0.717, 1.165) is 5.56 Å². The Morgan fingerprint density at radius 2 is 1.94 bits per heavy atom. The number of carbonyl (C=O) groups is 2. The topological polar surface area (TPSA) is 69.4 Å². The number of carbonyl (C=O) groups excluding carboxylic acids is 2. The number of ether oxygens (including phenoxy) is 1. The van der Waals surface area contributed by atoms with E-state index in [0.29, 0.717) is 0 Å². The first-order valence-corrected chi connectivity index (χ1v) is 4.86. The molecular weight excluding hydrogens is 206 g/mol. The number of amides is 1. The predicted octanol–water partition coefficient (Wildman–Crippen LogP) is 1.12. The first-order chi connectivity index (χ1) is 7.68. The zero-order valence-corrected chi connectivity index (χ0v) is 8.76. The molecule has 0 heterocycles. The zero-order valence-electron chi connectivity index (χ0n) is 8.76. The minimum atomic E-state index is -0.486. The van der Waals surface area contributed by atoms with Gasteiger partial charge in [0.15, 0.2) is 0 Å². The van der Waals surface area contributed by atoms with Gasteiger partial charge in [0.25, 0.3) is 0 Å². The van der Waals surface area contributed by atoms with Crippen molar-refractivity contribution in [3.63, 3.8) is 0 Å². The lowest BCUT2D eigenvalue weighted by Crippen LogP contribution is -2.14. The third-order valence-electron chi connectivity index (χ3n) is 1.80. The molecule has 0 saturated heterocycles. The largest absolute Gasteiger partial charge is 0.462 e. The Morgan fingerprint density at radius 3 is 2.56 bits per heavy atom. The van der Waals surface area contributed by atoms with Gasteiger partial charge in [0, 0.05) is 6.08 Å². The van der Waals surface area contributed by atoms with E-state index in [9.17, 15) is 9.59 Å². The van der Waals surface area contributed by atoms with Crippen LogP contribution in [-0.2, 0) is 14.3 Å². The highest BCUT2D eigenvalue weighted by molar-refractivity contribution is 5.87. The van der Waals surface area contributed by atoms with Gasteiger partial charge in [0.2, 0.25) is 5.91 Å². The van der Waals surface area contributed by atoms with Crippen LogP contribution in [-0.4, -0.2) is 18.5 Å². The van der Waals surface area contributed by atoms with E-state index in [4.69, 9.17) is 10.5 Å². The van der Waals surface area contributed by atoms with E-state index in [2.05, 4.69) is 0 Å². The number of esters is 1. The maximum atomic E-state index is 11.1. The molecule has 0 aliphatic heterocycles. The zero-order chi connectivity index (χ0) is 11.8. The lowest BCUT2D eigenvalue weighted by atomic mass is 10.2. The fourth-order valence-electron chi connectivity index (χ4n) is 1.03. The molecule has 0 bridgehead atoms. The van der Waals surface area contributed by atoms with Crippen LogP contribution in [0.15, 0.2) is 36.4 Å². The Morgan fingerprint density at radius 1 is 1.25 bits per heavy atom. The van der Waals surface area contributed by atoms with Gasteiger partial charge in [-0.25, -0.2) is 4.79 Å². The summed E-state index contributed by atoms with van der Waals surface area (Å²) in [6.45, 7) is 0.0211. The van der Waals surface area contributed by atoms with Crippen molar-refractivity contribution >= 4 is 18.0 Å². The molecule has 1 aromatic rings. The molecule has 0 fully saturated rings. The van der Waals surface area contributed by atoms with E-state index < -0.39 is 11.9 Å². The van der Waals surface area contributed by atoms with Gasteiger partial charge in [0.05, 0.1) is 6.42 Å². The maximum Gasteiger partial charge on any atom is 0.330 e. The standard InChI is InChI=1S/C12H13NO3/c13-11(14)8-9-16-12(15)7-6-10-4-2-1-3-5-10/h1-7H,8-9H2,(H2,13,14)/b7-6+. The van der Waals surface area contributed by atoms with E-state index in [1.807, 2.05) is 30.3 Å². The number of primary amides is 1. The summed E-state index contributed by atoms with van der Waals surface area (Å²) >= 11 is 0. The second-order valence-corrected chi connectivity index (χ2v) is 3.13. The Balaban J connectivity index is 2.34. The van der Waals surface area contributed by atoms with Gasteiger partial charge in [0.1, 0.15) is 6.61 Å². The molecule has 0 radical (unpaired) electrons. The van der Waals surface area contributed by atoms with Gasteiger partial charge in [-0.2, -0.15) is 0 Å². The summed E-state index contributed by atoms with van der Waals surface area (Å²) in [4.78, 5) is 21.5. The van der Waals surface area contributed by atoms with Crippen molar-refractivity contribution in [3.05, 3.63) is 42.0 Å². The first kappa shape index (κ1) is 12.0. The molecule has 2 N–H and O–H groups in total. The minimum absolute atomic E-state index is 0.0211. The SMILES string of the molecule is NC(=O)CCOC(=O)/C=C/c1ccccc1. The van der Waals surface area contributed by atoms with Gasteiger partial charge < -0.3 is 10.5 Å². The monoisotopic (exact) mass is 219 g/mol. The van der Waals surface area contributed by atoms with Crippen molar-refractivity contribution in [2.24, 2.45) is 5.73 Å². The number of benzene rings is 1. The van der Waals surface area contributed by atoms with Crippen molar-refractivity contribution in [1.82, 2.24) is 0 Å². The highest BCUT2D eigenvalue weighted by Crippen LogP contribution is 2.01. The molecule has 1 amide bonds. The summed E-state index contributed by atoms with van der Waals surface area (Å²) in [6.07, 6.45) is 3.01. The number of rotatable bonds is 5. The summed E-state index contributed by atoms with van der Waals surface area (Å²) < 4.78 is 4.75. The van der Waals surface area contributed by atoms with Gasteiger partial charge in [-0.05, 0) is 11.6 Å². The van der Waals surface area contributed by atoms with Crippen LogP contribution in [0.1, 0.15) is 12.0 Å². The molecule has 84 valence electrons. The van der Waals surface area contributed by atoms with Crippen LogP contribution in [0.4, 0.5) is 0 Å². The van der Waals surface area contributed by atoms with Gasteiger partial charge in [-0.15, -0.1) is 0 Å². The van der Waals surface area contributed by atoms with Crippen LogP contribution < -0.4 is 5.73 Å². The molecule has 4 heteroatoms. The van der Waals surface area contributed by atoms with Gasteiger partial charge >= 0.3 is 5.97 Å². The second-order valence-electron chi connectivity index (χ2n) is 3.13. The number of hydrogen-bond acceptors (Lipinski definition) is 3. The normalized spacial score (nSPS) is 10.2. The Hall–Kier alpha value is -2.10. The van der Waals surface area contributed by atoms with E-state index in [1.54, 1.807) is 6.08 Å². The van der Waals surface area contributed by atoms with Crippen molar-refractivity contribution in [2.45, 2.75) is 6.42 Å². The van der Waals surface area contributed by atoms with E-state index in [1.165, 1.54) is 6.08 Å². The van der Waals surface area contributed by atoms with Crippen molar-refractivity contribution in [1.29, 1.82) is 0 Å². The average molecular weight is 219 g/mol. The quantitative estimate of drug-likeness (QED) is 0.596. The molecule has 1 rings (SSSR count). The Bertz CT molecular complexity index is 385. The fourth-order valence-corrected chi connectivity index (χ4v) is 1.03. The highest BCUT2D eigenvalue weighted by Gasteiger charge is 1.98. The molecular formula is C12H13NO3. The van der Waals surface area contributed by atoms with Crippen LogP contribution >= 0.6 is 0 Å². The van der Waals surface area contributed by atoms with Gasteiger partial charge in [-0.1, -0.05) is 30.3 Å². The fraction of sp³-hybridized carbons (Fsp3) is 0.167. The first-order valence-electron chi connectivity index (χ1n) is 4.86. The second kappa shape index (κ2) is 6.40. The van der Waals surface area contributed by atoms with Crippen molar-refractivity contribution in [3.8, 4) is 0 Å². The molecule has 4 nitrogen and oxygen atoms in total. The van der Waals surface area contributed by atoms with Crippen LogP contribution in [0, 0.1) is 0 Å². The molecule has 1 aromatic carbocycles. The maximum absolute atomic E-state index is 11.1. The third kappa shape index (κ3) is 4.95. The third-order valence-corrected chi connectivity index (χ3v) is 1.80. The lowest BCUT2D eigenvalue weighted by Gasteiger charge is -1.98. The van der Waals surface area contributed by atoms with Crippen molar-refractivity contribution < 1.29 is 14.3 Å². The Labute approximate surface area is 93.7 Å². The van der Waals surface area contributed by atoms with Crippen LogP contribution in [0.5, 0.6) is 0 Å². The average Bonchev–Trinajstić information content (AvgIpc) is 2.27. The molecule has 0 aliphatic carbocycles. The number of hydrogen-bond donors (Lipinski definition) is 1. The summed E-state index contributed by atoms with van der Waals surface area (Å²) in [5.41, 5.74) is 5.81. The van der Waals surface area contributed by atoms with Crippen LogP contribution in [0.2, 0.25) is 0 Å². The molecule has 16 heavy (non-hydrogen) atoms. The molecule has 0 atom stereocenters. The summed E-state index contributed by atoms with van der Waals surface area (Å²) in [5, 5.41) is 0.